The highest BCUT2D eigenvalue weighted by molar-refractivity contribution is 7.12. The van der Waals surface area contributed by atoms with Crippen molar-refractivity contribution in [3.05, 3.63) is 58.8 Å². The number of carbonyl (C=O) groups excluding carboxylic acids is 2. The summed E-state index contributed by atoms with van der Waals surface area (Å²) in [4.78, 5) is 32.2. The number of carbonyl (C=O) groups is 2. The maximum absolute atomic E-state index is 13.0. The minimum atomic E-state index is -0.0624. The standard InChI is InChI=1S/C26H31N5O3S/c1-3-4-13-31(26(33)23-6-5-18-35-23)19-25(32)30-16-14-29(15-17-30)24-12-11-22(27-28-24)20-7-9-21(34-2)10-8-20/h5-12,18H,3-4,13-17,19H2,1-2H3. The van der Waals surface area contributed by atoms with Crippen molar-refractivity contribution in [1.29, 1.82) is 0 Å². The smallest absolute Gasteiger partial charge is 0.264 e. The largest absolute Gasteiger partial charge is 0.497 e. The second-order valence-corrected chi connectivity index (χ2v) is 9.38. The molecule has 3 heterocycles. The number of benzene rings is 1. The summed E-state index contributed by atoms with van der Waals surface area (Å²) in [6.45, 7) is 5.33. The summed E-state index contributed by atoms with van der Waals surface area (Å²) in [7, 11) is 1.64. The van der Waals surface area contributed by atoms with Crippen molar-refractivity contribution in [2.45, 2.75) is 19.8 Å². The van der Waals surface area contributed by atoms with Crippen molar-refractivity contribution in [2.24, 2.45) is 0 Å². The second-order valence-electron chi connectivity index (χ2n) is 8.43. The molecule has 9 heteroatoms. The lowest BCUT2D eigenvalue weighted by Crippen LogP contribution is -2.52. The van der Waals surface area contributed by atoms with Gasteiger partial charge in [-0.2, -0.15) is 0 Å². The molecule has 1 saturated heterocycles. The molecule has 2 aromatic heterocycles. The highest BCUT2D eigenvalue weighted by atomic mass is 32.1. The summed E-state index contributed by atoms with van der Waals surface area (Å²) in [6, 6.07) is 15.3. The topological polar surface area (TPSA) is 78.9 Å². The monoisotopic (exact) mass is 493 g/mol. The van der Waals surface area contributed by atoms with Gasteiger partial charge < -0.3 is 19.4 Å². The SMILES string of the molecule is CCCCN(CC(=O)N1CCN(c2ccc(-c3ccc(OC)cc3)nn2)CC1)C(=O)c1cccs1. The van der Waals surface area contributed by atoms with Gasteiger partial charge in [-0.25, -0.2) is 0 Å². The first-order valence-corrected chi connectivity index (χ1v) is 12.8. The molecule has 8 nitrogen and oxygen atoms in total. The van der Waals surface area contributed by atoms with Crippen molar-refractivity contribution in [1.82, 2.24) is 20.0 Å². The Morgan fingerprint density at radius 2 is 1.80 bits per heavy atom. The molecule has 35 heavy (non-hydrogen) atoms. The molecule has 3 aromatic rings. The maximum Gasteiger partial charge on any atom is 0.264 e. The van der Waals surface area contributed by atoms with Crippen molar-refractivity contribution in [2.75, 3.05) is 51.3 Å². The molecule has 0 aliphatic carbocycles. The number of hydrogen-bond donors (Lipinski definition) is 0. The molecule has 0 unspecified atom stereocenters. The average molecular weight is 494 g/mol. The Bertz CT molecular complexity index is 1100. The summed E-state index contributed by atoms with van der Waals surface area (Å²) < 4.78 is 5.21. The lowest BCUT2D eigenvalue weighted by Gasteiger charge is -2.36. The number of ether oxygens (including phenoxy) is 1. The predicted molar refractivity (Wildman–Crippen MR) is 138 cm³/mol. The molecule has 0 saturated carbocycles. The first-order valence-electron chi connectivity index (χ1n) is 11.9. The van der Waals surface area contributed by atoms with Crippen molar-refractivity contribution in [3.8, 4) is 17.0 Å². The van der Waals surface area contributed by atoms with Gasteiger partial charge in [-0.3, -0.25) is 9.59 Å². The van der Waals surface area contributed by atoms with Gasteiger partial charge in [-0.05, 0) is 54.3 Å². The highest BCUT2D eigenvalue weighted by Crippen LogP contribution is 2.22. The number of aromatic nitrogens is 2. The summed E-state index contributed by atoms with van der Waals surface area (Å²) in [6.07, 6.45) is 1.85. The van der Waals surface area contributed by atoms with Gasteiger partial charge in [-0.15, -0.1) is 21.5 Å². The third kappa shape index (κ3) is 6.16. The number of unbranched alkanes of at least 4 members (excludes halogenated alkanes) is 1. The van der Waals surface area contributed by atoms with Crippen LogP contribution in [0.5, 0.6) is 5.75 Å². The molecule has 0 bridgehead atoms. The van der Waals surface area contributed by atoms with Gasteiger partial charge in [0.05, 0.1) is 17.7 Å². The first kappa shape index (κ1) is 24.7. The molecule has 0 spiro atoms. The normalized spacial score (nSPS) is 13.5. The van der Waals surface area contributed by atoms with Crippen LogP contribution in [0.4, 0.5) is 5.82 Å². The number of methoxy groups -OCH3 is 1. The number of nitrogens with zero attached hydrogens (tertiary/aromatic N) is 5. The Morgan fingerprint density at radius 3 is 2.40 bits per heavy atom. The number of amides is 2. The zero-order valence-electron chi connectivity index (χ0n) is 20.2. The fourth-order valence-corrected chi connectivity index (χ4v) is 4.71. The quantitative estimate of drug-likeness (QED) is 0.451. The van der Waals surface area contributed by atoms with Gasteiger partial charge in [0, 0.05) is 38.3 Å². The fourth-order valence-electron chi connectivity index (χ4n) is 4.02. The molecule has 0 atom stereocenters. The van der Waals surface area contributed by atoms with Gasteiger partial charge >= 0.3 is 0 Å². The number of hydrogen-bond acceptors (Lipinski definition) is 7. The van der Waals surface area contributed by atoms with Crippen LogP contribution in [0, 0.1) is 0 Å². The van der Waals surface area contributed by atoms with E-state index in [1.807, 2.05) is 58.8 Å². The van der Waals surface area contributed by atoms with E-state index in [1.54, 1.807) is 12.0 Å². The second kappa shape index (κ2) is 11.8. The third-order valence-corrected chi connectivity index (χ3v) is 6.98. The van der Waals surface area contributed by atoms with E-state index in [0.717, 1.165) is 35.7 Å². The molecule has 0 N–H and O–H groups in total. The Kier molecular flexibility index (Phi) is 8.31. The van der Waals surface area contributed by atoms with E-state index in [-0.39, 0.29) is 18.4 Å². The molecule has 1 aliphatic heterocycles. The van der Waals surface area contributed by atoms with Gasteiger partial charge in [-0.1, -0.05) is 19.4 Å². The summed E-state index contributed by atoms with van der Waals surface area (Å²) in [5, 5.41) is 10.7. The molecule has 184 valence electrons. The van der Waals surface area contributed by atoms with Crippen LogP contribution in [-0.2, 0) is 4.79 Å². The van der Waals surface area contributed by atoms with Crippen molar-refractivity contribution in [3.63, 3.8) is 0 Å². The molecule has 1 fully saturated rings. The Morgan fingerprint density at radius 1 is 1.03 bits per heavy atom. The van der Waals surface area contributed by atoms with Gasteiger partial charge in [0.15, 0.2) is 5.82 Å². The minimum Gasteiger partial charge on any atom is -0.497 e. The van der Waals surface area contributed by atoms with Gasteiger partial charge in [0.1, 0.15) is 12.3 Å². The minimum absolute atomic E-state index is 0.00778. The number of piperazine rings is 1. The molecule has 4 rings (SSSR count). The van der Waals surface area contributed by atoms with Crippen LogP contribution in [0.25, 0.3) is 11.3 Å². The van der Waals surface area contributed by atoms with Crippen LogP contribution < -0.4 is 9.64 Å². The average Bonchev–Trinajstić information content (AvgIpc) is 3.46. The molecule has 1 aliphatic rings. The highest BCUT2D eigenvalue weighted by Gasteiger charge is 2.26. The predicted octanol–water partition coefficient (Wildman–Crippen LogP) is 3.80. The lowest BCUT2D eigenvalue weighted by atomic mass is 10.1. The first-order chi connectivity index (χ1) is 17.1. The summed E-state index contributed by atoms with van der Waals surface area (Å²) in [5.41, 5.74) is 1.78. The van der Waals surface area contributed by atoms with Crippen molar-refractivity contribution >= 4 is 29.0 Å². The van der Waals surface area contributed by atoms with E-state index in [4.69, 9.17) is 4.74 Å². The maximum atomic E-state index is 13.0. The van der Waals surface area contributed by atoms with Gasteiger partial charge in [0.2, 0.25) is 5.91 Å². The molecule has 0 radical (unpaired) electrons. The van der Waals surface area contributed by atoms with E-state index in [9.17, 15) is 9.59 Å². The lowest BCUT2D eigenvalue weighted by molar-refractivity contribution is -0.132. The van der Waals surface area contributed by atoms with Gasteiger partial charge in [0.25, 0.3) is 5.91 Å². The zero-order chi connectivity index (χ0) is 24.6. The molecule has 2 amide bonds. The number of rotatable bonds is 9. The Labute approximate surface area is 210 Å². The van der Waals surface area contributed by atoms with Crippen molar-refractivity contribution < 1.29 is 14.3 Å². The van der Waals surface area contributed by atoms with E-state index in [0.29, 0.717) is 37.6 Å². The Balaban J connectivity index is 1.32. The Hall–Kier alpha value is -3.46. The summed E-state index contributed by atoms with van der Waals surface area (Å²) in [5.74, 6) is 1.53. The molecular weight excluding hydrogens is 462 g/mol. The van der Waals surface area contributed by atoms with E-state index in [2.05, 4.69) is 22.0 Å². The number of anilines is 1. The van der Waals surface area contributed by atoms with Crippen LogP contribution >= 0.6 is 11.3 Å². The van der Waals surface area contributed by atoms with E-state index in [1.165, 1.54) is 11.3 Å². The third-order valence-electron chi connectivity index (χ3n) is 6.12. The molecule has 1 aromatic carbocycles. The fraction of sp³-hybridized carbons (Fsp3) is 0.385. The zero-order valence-corrected chi connectivity index (χ0v) is 21.0. The van der Waals surface area contributed by atoms with Crippen LogP contribution in [-0.4, -0.2) is 78.2 Å². The van der Waals surface area contributed by atoms with Crippen LogP contribution in [0.1, 0.15) is 29.4 Å². The van der Waals surface area contributed by atoms with E-state index >= 15 is 0 Å². The number of thiophene rings is 1. The summed E-state index contributed by atoms with van der Waals surface area (Å²) >= 11 is 1.41. The van der Waals surface area contributed by atoms with Crippen LogP contribution in [0.15, 0.2) is 53.9 Å². The van der Waals surface area contributed by atoms with Crippen LogP contribution in [0.2, 0.25) is 0 Å². The van der Waals surface area contributed by atoms with Crippen LogP contribution in [0.3, 0.4) is 0 Å². The van der Waals surface area contributed by atoms with E-state index < -0.39 is 0 Å². The molecular formula is C26H31N5O3S.